The molecule has 0 radical (unpaired) electrons. The lowest BCUT2D eigenvalue weighted by molar-refractivity contribution is 0.0588. The van der Waals surface area contributed by atoms with E-state index in [9.17, 15) is 0 Å². The van der Waals surface area contributed by atoms with Crippen LogP contribution in [0.5, 0.6) is 0 Å². The molecule has 3 heteroatoms. The number of rotatable bonds is 1. The summed E-state index contributed by atoms with van der Waals surface area (Å²) in [7, 11) is 0. The van der Waals surface area contributed by atoms with Crippen molar-refractivity contribution in [3.63, 3.8) is 0 Å². The third-order valence-corrected chi connectivity index (χ3v) is 2.69. The monoisotopic (exact) mass is 170 g/mol. The minimum atomic E-state index is 0.264. The maximum atomic E-state index is 5.63. The fourth-order valence-electron chi connectivity index (χ4n) is 1.99. The second-order valence-electron chi connectivity index (χ2n) is 3.88. The van der Waals surface area contributed by atoms with Crippen molar-refractivity contribution in [1.29, 1.82) is 0 Å². The summed E-state index contributed by atoms with van der Waals surface area (Å²) in [4.78, 5) is 0. The van der Waals surface area contributed by atoms with E-state index in [1.807, 2.05) is 0 Å². The van der Waals surface area contributed by atoms with E-state index in [2.05, 4.69) is 17.6 Å². The van der Waals surface area contributed by atoms with Crippen molar-refractivity contribution in [2.24, 2.45) is 0 Å². The zero-order valence-electron chi connectivity index (χ0n) is 7.68. The highest BCUT2D eigenvalue weighted by atomic mass is 16.5. The predicted octanol–water partition coefficient (Wildman–Crippen LogP) is 0.463. The molecule has 2 N–H and O–H groups in total. The Morgan fingerprint density at radius 2 is 2.25 bits per heavy atom. The van der Waals surface area contributed by atoms with Gasteiger partial charge in [-0.3, -0.25) is 5.32 Å². The molecule has 0 spiro atoms. The normalized spacial score (nSPS) is 43.2. The molecule has 0 amide bonds. The average molecular weight is 170 g/mol. The second-order valence-corrected chi connectivity index (χ2v) is 3.88. The van der Waals surface area contributed by atoms with Gasteiger partial charge in [0, 0.05) is 12.1 Å². The van der Waals surface area contributed by atoms with Crippen LogP contribution in [-0.2, 0) is 4.74 Å². The molecule has 12 heavy (non-hydrogen) atoms. The quantitative estimate of drug-likeness (QED) is 0.600. The zero-order valence-corrected chi connectivity index (χ0v) is 7.68. The minimum Gasteiger partial charge on any atom is -0.360 e. The number of piperidine rings is 1. The van der Waals surface area contributed by atoms with Crippen molar-refractivity contribution in [2.45, 2.75) is 44.5 Å². The van der Waals surface area contributed by atoms with Crippen LogP contribution in [0.4, 0.5) is 0 Å². The molecule has 0 aromatic rings. The molecular weight excluding hydrogens is 152 g/mol. The number of ether oxygens (including phenoxy) is 1. The van der Waals surface area contributed by atoms with Crippen LogP contribution >= 0.6 is 0 Å². The van der Waals surface area contributed by atoms with Gasteiger partial charge in [-0.2, -0.15) is 0 Å². The van der Waals surface area contributed by atoms with E-state index in [0.717, 1.165) is 13.2 Å². The van der Waals surface area contributed by atoms with E-state index in [1.165, 1.54) is 19.3 Å². The van der Waals surface area contributed by atoms with Gasteiger partial charge in [0.15, 0.2) is 0 Å². The Morgan fingerprint density at radius 1 is 1.33 bits per heavy atom. The van der Waals surface area contributed by atoms with Crippen LogP contribution in [-0.4, -0.2) is 31.5 Å². The SMILES string of the molecule is CC1COC(C2CCCCN2)N1. The van der Waals surface area contributed by atoms with Crippen molar-refractivity contribution >= 4 is 0 Å². The standard InChI is InChI=1S/C9H18N2O/c1-7-6-12-9(11-7)8-4-2-3-5-10-8/h7-11H,2-6H2,1H3. The predicted molar refractivity (Wildman–Crippen MR) is 48.0 cm³/mol. The van der Waals surface area contributed by atoms with Crippen LogP contribution in [0.2, 0.25) is 0 Å². The number of hydrogen-bond donors (Lipinski definition) is 2. The first kappa shape index (κ1) is 8.48. The molecule has 0 aliphatic carbocycles. The van der Waals surface area contributed by atoms with Crippen LogP contribution in [0.3, 0.4) is 0 Å². The Balaban J connectivity index is 1.83. The van der Waals surface area contributed by atoms with Gasteiger partial charge < -0.3 is 10.1 Å². The minimum absolute atomic E-state index is 0.264. The molecule has 3 nitrogen and oxygen atoms in total. The molecule has 2 aliphatic heterocycles. The van der Waals surface area contributed by atoms with Gasteiger partial charge in [-0.25, -0.2) is 0 Å². The van der Waals surface area contributed by atoms with Gasteiger partial charge in [-0.1, -0.05) is 6.42 Å². The molecule has 0 bridgehead atoms. The van der Waals surface area contributed by atoms with E-state index < -0.39 is 0 Å². The van der Waals surface area contributed by atoms with Crippen molar-refractivity contribution in [2.75, 3.05) is 13.2 Å². The van der Waals surface area contributed by atoms with Crippen LogP contribution in [0.1, 0.15) is 26.2 Å². The van der Waals surface area contributed by atoms with Gasteiger partial charge in [0.25, 0.3) is 0 Å². The lowest BCUT2D eigenvalue weighted by Crippen LogP contribution is -2.49. The molecule has 0 aromatic heterocycles. The molecule has 2 aliphatic rings. The molecule has 2 heterocycles. The summed E-state index contributed by atoms with van der Waals surface area (Å²) >= 11 is 0. The fourth-order valence-corrected chi connectivity index (χ4v) is 1.99. The lowest BCUT2D eigenvalue weighted by Gasteiger charge is -2.28. The first-order chi connectivity index (χ1) is 5.86. The zero-order chi connectivity index (χ0) is 8.39. The van der Waals surface area contributed by atoms with Crippen LogP contribution in [0.15, 0.2) is 0 Å². The van der Waals surface area contributed by atoms with Crippen molar-refractivity contribution in [3.8, 4) is 0 Å². The van der Waals surface area contributed by atoms with Crippen molar-refractivity contribution in [1.82, 2.24) is 10.6 Å². The number of nitrogens with one attached hydrogen (secondary N) is 2. The molecule has 3 unspecified atom stereocenters. The number of hydrogen-bond acceptors (Lipinski definition) is 3. The Morgan fingerprint density at radius 3 is 2.83 bits per heavy atom. The highest BCUT2D eigenvalue weighted by Gasteiger charge is 2.29. The van der Waals surface area contributed by atoms with E-state index in [4.69, 9.17) is 4.74 Å². The Hall–Kier alpha value is -0.120. The van der Waals surface area contributed by atoms with Crippen LogP contribution in [0.25, 0.3) is 0 Å². The summed E-state index contributed by atoms with van der Waals surface area (Å²) in [5.74, 6) is 0. The van der Waals surface area contributed by atoms with E-state index in [1.54, 1.807) is 0 Å². The van der Waals surface area contributed by atoms with Crippen LogP contribution < -0.4 is 10.6 Å². The average Bonchev–Trinajstić information content (AvgIpc) is 2.54. The highest BCUT2D eigenvalue weighted by molar-refractivity contribution is 4.84. The summed E-state index contributed by atoms with van der Waals surface area (Å²) in [5.41, 5.74) is 0. The molecule has 2 rings (SSSR count). The molecule has 70 valence electrons. The summed E-state index contributed by atoms with van der Waals surface area (Å²) in [6, 6.07) is 1.07. The summed E-state index contributed by atoms with van der Waals surface area (Å²) in [6.07, 6.45) is 4.18. The fraction of sp³-hybridized carbons (Fsp3) is 1.00. The molecule has 0 aromatic carbocycles. The van der Waals surface area contributed by atoms with Gasteiger partial charge in [0.05, 0.1) is 6.61 Å². The Labute approximate surface area is 73.9 Å². The van der Waals surface area contributed by atoms with Gasteiger partial charge in [0.1, 0.15) is 6.23 Å². The van der Waals surface area contributed by atoms with Crippen molar-refractivity contribution < 1.29 is 4.74 Å². The largest absolute Gasteiger partial charge is 0.360 e. The third-order valence-electron chi connectivity index (χ3n) is 2.69. The molecule has 3 atom stereocenters. The van der Waals surface area contributed by atoms with Crippen LogP contribution in [0, 0.1) is 0 Å². The second kappa shape index (κ2) is 3.73. The smallest absolute Gasteiger partial charge is 0.123 e. The third kappa shape index (κ3) is 1.79. The van der Waals surface area contributed by atoms with E-state index >= 15 is 0 Å². The molecular formula is C9H18N2O. The highest BCUT2D eigenvalue weighted by Crippen LogP contribution is 2.15. The Bertz CT molecular complexity index is 143. The Kier molecular flexibility index (Phi) is 2.63. The van der Waals surface area contributed by atoms with Gasteiger partial charge >= 0.3 is 0 Å². The van der Waals surface area contributed by atoms with Gasteiger partial charge in [0.2, 0.25) is 0 Å². The molecule has 0 saturated carbocycles. The maximum Gasteiger partial charge on any atom is 0.123 e. The topological polar surface area (TPSA) is 33.3 Å². The first-order valence-electron chi connectivity index (χ1n) is 4.97. The lowest BCUT2D eigenvalue weighted by atomic mass is 10.0. The summed E-state index contributed by atoms with van der Waals surface area (Å²) in [5, 5.41) is 6.93. The van der Waals surface area contributed by atoms with Gasteiger partial charge in [-0.15, -0.1) is 0 Å². The molecule has 2 saturated heterocycles. The van der Waals surface area contributed by atoms with Crippen molar-refractivity contribution in [3.05, 3.63) is 0 Å². The summed E-state index contributed by atoms with van der Waals surface area (Å²) in [6.45, 7) is 4.19. The van der Waals surface area contributed by atoms with Gasteiger partial charge in [-0.05, 0) is 26.3 Å². The maximum absolute atomic E-state index is 5.63. The van der Waals surface area contributed by atoms with E-state index in [-0.39, 0.29) is 6.23 Å². The molecule has 2 fully saturated rings. The summed E-state index contributed by atoms with van der Waals surface area (Å²) < 4.78 is 5.63. The first-order valence-corrected chi connectivity index (χ1v) is 4.97. The van der Waals surface area contributed by atoms with E-state index in [0.29, 0.717) is 12.1 Å².